The summed E-state index contributed by atoms with van der Waals surface area (Å²) in [6.45, 7) is 0. The van der Waals surface area contributed by atoms with Gasteiger partial charge in [-0.05, 0) is 37.1 Å². The molecule has 2 nitrogen and oxygen atoms in total. The molecule has 1 saturated carbocycles. The molecule has 1 aliphatic carbocycles. The molecule has 0 amide bonds. The molecule has 2 heteroatoms. The van der Waals surface area contributed by atoms with Crippen LogP contribution < -0.4 is 5.32 Å². The highest BCUT2D eigenvalue weighted by molar-refractivity contribution is 5.81. The Balaban J connectivity index is 1.77. The maximum Gasteiger partial charge on any atom is 0.133 e. The number of anilines is 1. The molecule has 1 aromatic heterocycles. The Morgan fingerprint density at radius 2 is 1.94 bits per heavy atom. The number of benzene rings is 1. The van der Waals surface area contributed by atoms with Gasteiger partial charge < -0.3 is 9.73 Å². The van der Waals surface area contributed by atoms with E-state index in [9.17, 15) is 0 Å². The number of hydrogen-bond donors (Lipinski definition) is 1. The normalized spacial score (nSPS) is 17.8. The summed E-state index contributed by atoms with van der Waals surface area (Å²) in [5, 5.41) is 4.80. The molecule has 0 unspecified atom stereocenters. The summed E-state index contributed by atoms with van der Waals surface area (Å²) < 4.78 is 5.34. The molecule has 1 fully saturated rings. The SMILES string of the molecule is c1cc2cc(NC3CCCCC3)ccc2o1. The minimum absolute atomic E-state index is 0.665. The van der Waals surface area contributed by atoms with Crippen LogP contribution in [0.3, 0.4) is 0 Å². The summed E-state index contributed by atoms with van der Waals surface area (Å²) in [7, 11) is 0. The van der Waals surface area contributed by atoms with Crippen LogP contribution >= 0.6 is 0 Å². The minimum Gasteiger partial charge on any atom is -0.464 e. The van der Waals surface area contributed by atoms with Crippen molar-refractivity contribution in [3.8, 4) is 0 Å². The van der Waals surface area contributed by atoms with E-state index in [0.29, 0.717) is 6.04 Å². The second-order valence-corrected chi connectivity index (χ2v) is 4.65. The van der Waals surface area contributed by atoms with Crippen LogP contribution in [0.2, 0.25) is 0 Å². The van der Waals surface area contributed by atoms with Crippen molar-refractivity contribution in [2.75, 3.05) is 5.32 Å². The van der Waals surface area contributed by atoms with E-state index in [-0.39, 0.29) is 0 Å². The van der Waals surface area contributed by atoms with Gasteiger partial charge in [0.1, 0.15) is 5.58 Å². The predicted octanol–water partition coefficient (Wildman–Crippen LogP) is 4.18. The lowest BCUT2D eigenvalue weighted by atomic mass is 9.95. The maximum atomic E-state index is 5.34. The van der Waals surface area contributed by atoms with E-state index in [1.165, 1.54) is 43.2 Å². The van der Waals surface area contributed by atoms with Crippen molar-refractivity contribution in [3.05, 3.63) is 30.5 Å². The third-order valence-electron chi connectivity index (χ3n) is 3.43. The second kappa shape index (κ2) is 4.20. The molecule has 0 radical (unpaired) electrons. The van der Waals surface area contributed by atoms with Crippen LogP contribution in [0.4, 0.5) is 5.69 Å². The molecule has 1 aliphatic rings. The van der Waals surface area contributed by atoms with Crippen molar-refractivity contribution < 1.29 is 4.42 Å². The Morgan fingerprint density at radius 3 is 2.81 bits per heavy atom. The number of nitrogens with one attached hydrogen (secondary N) is 1. The first-order valence-electron chi connectivity index (χ1n) is 6.16. The van der Waals surface area contributed by atoms with Gasteiger partial charge in [0.2, 0.25) is 0 Å². The Morgan fingerprint density at radius 1 is 1.06 bits per heavy atom. The molecule has 0 aliphatic heterocycles. The van der Waals surface area contributed by atoms with Crippen LogP contribution in [0.5, 0.6) is 0 Å². The number of rotatable bonds is 2. The minimum atomic E-state index is 0.665. The lowest BCUT2D eigenvalue weighted by Gasteiger charge is -2.23. The molecule has 1 heterocycles. The first-order chi connectivity index (χ1) is 7.92. The maximum absolute atomic E-state index is 5.34. The smallest absolute Gasteiger partial charge is 0.133 e. The van der Waals surface area contributed by atoms with Gasteiger partial charge in [-0.1, -0.05) is 19.3 Å². The van der Waals surface area contributed by atoms with Gasteiger partial charge in [-0.2, -0.15) is 0 Å². The summed E-state index contributed by atoms with van der Waals surface area (Å²) in [5.41, 5.74) is 2.19. The standard InChI is InChI=1S/C14H17NO/c1-2-4-12(5-3-1)15-13-6-7-14-11(10-13)8-9-16-14/h6-10,12,15H,1-5H2. The van der Waals surface area contributed by atoms with E-state index < -0.39 is 0 Å². The van der Waals surface area contributed by atoms with Crippen molar-refractivity contribution >= 4 is 16.7 Å². The molecule has 84 valence electrons. The summed E-state index contributed by atoms with van der Waals surface area (Å²) in [6.07, 6.45) is 8.50. The van der Waals surface area contributed by atoms with Gasteiger partial charge in [0, 0.05) is 17.1 Å². The van der Waals surface area contributed by atoms with Crippen LogP contribution in [0.25, 0.3) is 11.0 Å². The summed E-state index contributed by atoms with van der Waals surface area (Å²) in [5.74, 6) is 0. The average molecular weight is 215 g/mol. The Kier molecular flexibility index (Phi) is 2.56. The zero-order valence-corrected chi connectivity index (χ0v) is 9.41. The topological polar surface area (TPSA) is 25.2 Å². The first kappa shape index (κ1) is 9.76. The van der Waals surface area contributed by atoms with Gasteiger partial charge in [0.15, 0.2) is 0 Å². The molecular weight excluding hydrogens is 198 g/mol. The van der Waals surface area contributed by atoms with E-state index in [4.69, 9.17) is 4.42 Å². The molecule has 0 saturated heterocycles. The molecular formula is C14H17NO. The fourth-order valence-electron chi connectivity index (χ4n) is 2.54. The zero-order valence-electron chi connectivity index (χ0n) is 9.41. The van der Waals surface area contributed by atoms with Gasteiger partial charge >= 0.3 is 0 Å². The van der Waals surface area contributed by atoms with Gasteiger partial charge in [-0.25, -0.2) is 0 Å². The lowest BCUT2D eigenvalue weighted by Crippen LogP contribution is -2.22. The van der Waals surface area contributed by atoms with Gasteiger partial charge in [0.05, 0.1) is 6.26 Å². The third-order valence-corrected chi connectivity index (χ3v) is 3.43. The highest BCUT2D eigenvalue weighted by Crippen LogP contribution is 2.24. The van der Waals surface area contributed by atoms with Gasteiger partial charge in [-0.3, -0.25) is 0 Å². The zero-order chi connectivity index (χ0) is 10.8. The monoisotopic (exact) mass is 215 g/mol. The van der Waals surface area contributed by atoms with Crippen LogP contribution in [0, 0.1) is 0 Å². The van der Waals surface area contributed by atoms with Gasteiger partial charge in [0.25, 0.3) is 0 Å². The Labute approximate surface area is 95.6 Å². The van der Waals surface area contributed by atoms with E-state index in [2.05, 4.69) is 17.4 Å². The average Bonchev–Trinajstić information content (AvgIpc) is 2.77. The molecule has 0 bridgehead atoms. The van der Waals surface area contributed by atoms with Crippen molar-refractivity contribution in [1.82, 2.24) is 0 Å². The highest BCUT2D eigenvalue weighted by Gasteiger charge is 2.12. The number of furan rings is 1. The highest BCUT2D eigenvalue weighted by atomic mass is 16.3. The summed E-state index contributed by atoms with van der Waals surface area (Å²) in [6, 6.07) is 9.01. The Hall–Kier alpha value is -1.44. The fourth-order valence-corrected chi connectivity index (χ4v) is 2.54. The third kappa shape index (κ3) is 1.92. The van der Waals surface area contributed by atoms with Crippen LogP contribution in [-0.2, 0) is 0 Å². The Bertz CT molecular complexity index is 468. The van der Waals surface area contributed by atoms with Crippen LogP contribution in [-0.4, -0.2) is 6.04 Å². The van der Waals surface area contributed by atoms with E-state index in [1.807, 2.05) is 12.1 Å². The molecule has 16 heavy (non-hydrogen) atoms. The lowest BCUT2D eigenvalue weighted by molar-refractivity contribution is 0.463. The molecule has 0 atom stereocenters. The summed E-state index contributed by atoms with van der Waals surface area (Å²) >= 11 is 0. The molecule has 2 aromatic rings. The van der Waals surface area contributed by atoms with Crippen LogP contribution in [0.1, 0.15) is 32.1 Å². The van der Waals surface area contributed by atoms with Crippen LogP contribution in [0.15, 0.2) is 34.9 Å². The molecule has 1 N–H and O–H groups in total. The predicted molar refractivity (Wildman–Crippen MR) is 66.7 cm³/mol. The quantitative estimate of drug-likeness (QED) is 0.813. The molecule has 1 aromatic carbocycles. The second-order valence-electron chi connectivity index (χ2n) is 4.65. The van der Waals surface area contributed by atoms with E-state index in [1.54, 1.807) is 6.26 Å². The van der Waals surface area contributed by atoms with Crippen molar-refractivity contribution in [2.24, 2.45) is 0 Å². The number of fused-ring (bicyclic) bond motifs is 1. The molecule has 3 rings (SSSR count). The van der Waals surface area contributed by atoms with Crippen molar-refractivity contribution in [1.29, 1.82) is 0 Å². The molecule has 0 spiro atoms. The first-order valence-corrected chi connectivity index (χ1v) is 6.16. The largest absolute Gasteiger partial charge is 0.464 e. The van der Waals surface area contributed by atoms with Crippen molar-refractivity contribution in [2.45, 2.75) is 38.1 Å². The van der Waals surface area contributed by atoms with Crippen molar-refractivity contribution in [3.63, 3.8) is 0 Å². The van der Waals surface area contributed by atoms with E-state index in [0.717, 1.165) is 5.58 Å². The van der Waals surface area contributed by atoms with Gasteiger partial charge in [-0.15, -0.1) is 0 Å². The number of hydrogen-bond acceptors (Lipinski definition) is 2. The summed E-state index contributed by atoms with van der Waals surface area (Å²) in [4.78, 5) is 0. The fraction of sp³-hybridized carbons (Fsp3) is 0.429. The van der Waals surface area contributed by atoms with E-state index >= 15 is 0 Å².